The lowest BCUT2D eigenvalue weighted by molar-refractivity contribution is -0.140. The number of aliphatic hydroxyl groups is 1. The Bertz CT molecular complexity index is 4610. The minimum Gasteiger partial charge on any atom is -0.497 e. The third-order valence-corrected chi connectivity index (χ3v) is 23.9. The molecule has 4 aliphatic carbocycles. The molecule has 10 heterocycles. The molecular formula is C92H124ClN15O14. The van der Waals surface area contributed by atoms with E-state index in [1.807, 2.05) is 127 Å². The smallest absolute Gasteiger partial charge is 0.414 e. The maximum atomic E-state index is 12.7. The molecule has 0 bridgehead atoms. The molecule has 6 unspecified atom stereocenters. The van der Waals surface area contributed by atoms with Crippen molar-refractivity contribution >= 4 is 58.9 Å². The molecule has 4 aromatic heterocycles. The van der Waals surface area contributed by atoms with Gasteiger partial charge in [-0.05, 0) is 152 Å². The van der Waals surface area contributed by atoms with Crippen LogP contribution in [-0.4, -0.2) is 172 Å². The number of urea groups is 1. The first-order chi connectivity index (χ1) is 58.8. The number of hydrogen-bond acceptors (Lipinski definition) is 20. The minimum atomic E-state index is -0.671. The summed E-state index contributed by atoms with van der Waals surface area (Å²) in [5.41, 5.74) is 24.9. The Morgan fingerprint density at radius 2 is 1.01 bits per heavy atom. The predicted molar refractivity (Wildman–Crippen MR) is 465 cm³/mol. The number of pyridine rings is 1. The van der Waals surface area contributed by atoms with Crippen LogP contribution >= 0.6 is 11.6 Å². The van der Waals surface area contributed by atoms with Gasteiger partial charge in [-0.3, -0.25) is 39.6 Å². The summed E-state index contributed by atoms with van der Waals surface area (Å²) in [6, 6.07) is 40.0. The SMILES string of the molecule is C1CCOC1.CC1CC(=O)C(C(=O)C2CCC2)CN1C(=O)OCc1ccccc1.CC1CC(=O)C=CN1C(=O)OCc1ccccc1.CC1Cc2[nH]nc(C3CCC3)c2CN1.CC1Cc2[nH]nc(C3CCC3)c2CN1C(=O)Nc1cccc(Cl)c1.CC1Cc2[nH]nc(C3CCC3)c2CN1C(=O)OCc1ccccc1.CO.COc1ccncc1.N=N.O.[HH]. The summed E-state index contributed by atoms with van der Waals surface area (Å²) < 4.78 is 25.9. The summed E-state index contributed by atoms with van der Waals surface area (Å²) in [5.74, 6) is 2.09. The van der Waals surface area contributed by atoms with Gasteiger partial charge in [0, 0.05) is 184 Å². The van der Waals surface area contributed by atoms with Crippen LogP contribution in [0.4, 0.5) is 24.9 Å². The van der Waals surface area contributed by atoms with Gasteiger partial charge in [0.05, 0.1) is 43.2 Å². The van der Waals surface area contributed by atoms with Crippen molar-refractivity contribution in [3.8, 4) is 5.75 Å². The van der Waals surface area contributed by atoms with Crippen molar-refractivity contribution < 1.29 is 69.3 Å². The van der Waals surface area contributed by atoms with Gasteiger partial charge < -0.3 is 59.6 Å². The van der Waals surface area contributed by atoms with Crippen LogP contribution in [0.25, 0.3) is 0 Å². The number of methoxy groups -OCH3 is 1. The van der Waals surface area contributed by atoms with E-state index in [1.54, 1.807) is 43.8 Å². The number of hydrogen-bond donors (Lipinski definition) is 8. The summed E-state index contributed by atoms with van der Waals surface area (Å²) in [5, 5.41) is 37.3. The number of aromatic nitrogens is 7. The van der Waals surface area contributed by atoms with Gasteiger partial charge in [-0.15, -0.1) is 0 Å². The molecule has 4 saturated carbocycles. The number of carbonyl (C=O) groups excluding carboxylic acids is 7. The number of H-pyrrole nitrogens is 3. The number of halogens is 1. The molecule has 29 nitrogen and oxygen atoms in total. The molecule has 122 heavy (non-hydrogen) atoms. The molecule has 30 heteroatoms. The number of aromatic amines is 3. The zero-order valence-corrected chi connectivity index (χ0v) is 72.1. The van der Waals surface area contributed by atoms with Gasteiger partial charge in [0.15, 0.2) is 5.78 Å². The zero-order valence-electron chi connectivity index (χ0n) is 71.3. The lowest BCUT2D eigenvalue weighted by Crippen LogP contribution is -2.52. The van der Waals surface area contributed by atoms with E-state index in [0.717, 1.165) is 99.4 Å². The van der Waals surface area contributed by atoms with E-state index < -0.39 is 18.1 Å². The number of nitrogens with zero attached hydrogens (tertiary/aromatic N) is 8. The van der Waals surface area contributed by atoms with Crippen molar-refractivity contribution in [3.05, 3.63) is 225 Å². The van der Waals surface area contributed by atoms with Crippen LogP contribution < -0.4 is 15.4 Å². The zero-order chi connectivity index (χ0) is 86.2. The highest BCUT2D eigenvalue weighted by atomic mass is 35.5. The normalized spacial score (nSPS) is 20.3. The van der Waals surface area contributed by atoms with Crippen LogP contribution in [0.3, 0.4) is 0 Å². The topological polar surface area (TPSA) is 401 Å². The quantitative estimate of drug-likeness (QED) is 0.0302. The van der Waals surface area contributed by atoms with Crippen molar-refractivity contribution in [3.63, 3.8) is 0 Å². The number of piperidine rings is 1. The van der Waals surface area contributed by atoms with Crippen molar-refractivity contribution in [2.24, 2.45) is 11.8 Å². The highest BCUT2D eigenvalue weighted by molar-refractivity contribution is 6.30. The number of rotatable bonds is 13. The molecule has 6 fully saturated rings. The lowest BCUT2D eigenvalue weighted by Gasteiger charge is -2.37. The lowest BCUT2D eigenvalue weighted by atomic mass is 9.75. The fraction of sp³-hybridized carbons (Fsp3) is 0.489. The van der Waals surface area contributed by atoms with Gasteiger partial charge in [0.2, 0.25) is 0 Å². The maximum Gasteiger partial charge on any atom is 0.414 e. The summed E-state index contributed by atoms with van der Waals surface area (Å²) in [6.07, 6.45) is 25.3. The Morgan fingerprint density at radius 3 is 1.45 bits per heavy atom. The Balaban J connectivity index is 0.000000183. The highest BCUT2D eigenvalue weighted by Gasteiger charge is 2.43. The van der Waals surface area contributed by atoms with Crippen molar-refractivity contribution in [2.45, 2.75) is 244 Å². The molecule has 5 amide bonds. The van der Waals surface area contributed by atoms with Crippen molar-refractivity contribution in [1.82, 2.24) is 60.5 Å². The van der Waals surface area contributed by atoms with Gasteiger partial charge in [0.1, 0.15) is 37.1 Å². The number of Topliss-reactive ketones (excluding diaryl/α,β-unsaturated/α-hetero) is 2. The largest absolute Gasteiger partial charge is 0.497 e. The average molecular weight is 1700 g/mol. The molecule has 6 atom stereocenters. The summed E-state index contributed by atoms with van der Waals surface area (Å²) in [6.45, 7) is 15.2. The number of anilines is 1. The van der Waals surface area contributed by atoms with E-state index in [2.05, 4.69) is 67.0 Å². The monoisotopic (exact) mass is 1700 g/mol. The van der Waals surface area contributed by atoms with Gasteiger partial charge in [-0.1, -0.05) is 134 Å². The number of nitrogens with one attached hydrogen (secondary N) is 7. The molecule has 18 rings (SSSR count). The first kappa shape index (κ1) is 94.9. The van der Waals surface area contributed by atoms with Crippen molar-refractivity contribution in [1.29, 1.82) is 11.1 Å². The standard InChI is InChI=1S/C19H23N3O2.C19H23NO4.C18H21ClN4O.C14H15NO3.C11H17N3.C6H7NO.C4H8O.CH4O.H2N2.H2O.H2/c1-13-10-17-16(18(21-20-17)15-8-5-9-15)11-22(13)19(23)24-12-14-6-3-2-4-7-14;1-13-10-17(21)16(18(22)15-8-5-9-15)11-20(13)19(23)24-12-14-6-3-2-4-7-14;1-11-8-16-15(17(22-21-16)12-4-2-5-12)10-23(11)18(24)20-14-7-3-6-13(19)9-14;1-11-9-13(16)7-8-15(11)14(17)18-10-12-5-3-2-4-6-12;1-7-5-10-9(6-12-7)11(14-13-10)8-3-2-4-8;1-8-6-2-4-7-5-3-6;1-2-4-5-3-1;2*1-2;;/h2-4,6-7,13,15H,5,8-12H2,1H3,(H,20,21);2-4,6-7,13,15-16H,5,8-12H2,1H3;3,6-7,9,11-12H,2,4-5,8,10H2,1H3,(H,20,24)(H,21,22);2-8,11H,9-10H2,1H3;7-8,12H,2-6H2,1H3,(H,13,14);2-5H,1H3;1-4H2;2H,1H3;1-2H;1H2;1H. The highest BCUT2D eigenvalue weighted by Crippen LogP contribution is 2.42. The summed E-state index contributed by atoms with van der Waals surface area (Å²) in [7, 11) is 2.63. The second kappa shape index (κ2) is 48.6. The van der Waals surface area contributed by atoms with Crippen molar-refractivity contribution in [2.75, 3.05) is 39.3 Å². The van der Waals surface area contributed by atoms with Crippen LogP contribution in [0.5, 0.6) is 5.75 Å². The predicted octanol–water partition coefficient (Wildman–Crippen LogP) is 16.8. The number of ketones is 3. The van der Waals surface area contributed by atoms with Crippen LogP contribution in [0, 0.1) is 22.9 Å². The van der Waals surface area contributed by atoms with E-state index in [1.165, 1.54) is 144 Å². The van der Waals surface area contributed by atoms with E-state index in [-0.39, 0.29) is 92.6 Å². The number of likely N-dealkylation sites (tertiary alicyclic amines) is 1. The molecular weight excluding hydrogens is 1570 g/mol. The molecule has 658 valence electrons. The Labute approximate surface area is 721 Å². The Hall–Kier alpha value is -11.0. The number of aliphatic hydroxyl groups excluding tert-OH is 1. The molecule has 0 spiro atoms. The first-order valence-electron chi connectivity index (χ1n) is 42.5. The number of fused-ring (bicyclic) bond motifs is 3. The second-order valence-electron chi connectivity index (χ2n) is 32.2. The van der Waals surface area contributed by atoms with E-state index in [9.17, 15) is 33.6 Å². The third kappa shape index (κ3) is 26.8. The van der Waals surface area contributed by atoms with Crippen LogP contribution in [0.2, 0.25) is 5.02 Å². The molecule has 6 aliphatic heterocycles. The third-order valence-electron chi connectivity index (χ3n) is 23.7. The van der Waals surface area contributed by atoms with Gasteiger partial charge in [0.25, 0.3) is 0 Å². The van der Waals surface area contributed by atoms with Gasteiger partial charge in [-0.2, -0.15) is 15.3 Å². The van der Waals surface area contributed by atoms with Crippen LogP contribution in [-0.2, 0) is 92.0 Å². The number of ether oxygens (including phenoxy) is 5. The summed E-state index contributed by atoms with van der Waals surface area (Å²) >= 11 is 6.00. The number of allylic oxidation sites excluding steroid dienone is 1. The molecule has 0 radical (unpaired) electrons. The van der Waals surface area contributed by atoms with Gasteiger partial charge >= 0.3 is 24.3 Å². The van der Waals surface area contributed by atoms with Crippen LogP contribution in [0.15, 0.2) is 152 Å². The van der Waals surface area contributed by atoms with Gasteiger partial charge in [-0.25, -0.2) is 30.2 Å². The summed E-state index contributed by atoms with van der Waals surface area (Å²) in [4.78, 5) is 95.9. The second-order valence-corrected chi connectivity index (χ2v) is 32.6. The van der Waals surface area contributed by atoms with Crippen LogP contribution in [0.1, 0.15) is 224 Å². The molecule has 8 aromatic rings. The molecule has 4 aromatic carbocycles. The molecule has 10 N–H and O–H groups in total. The first-order valence-corrected chi connectivity index (χ1v) is 42.9. The number of carbonyl (C=O) groups is 7. The maximum absolute atomic E-state index is 12.7. The fourth-order valence-electron chi connectivity index (χ4n) is 15.7. The van der Waals surface area contributed by atoms with E-state index in [4.69, 9.17) is 51.5 Å². The number of amides is 5. The molecule has 2 saturated heterocycles. The number of benzene rings is 4. The average Bonchev–Trinajstić information content (AvgIpc) is 1.67. The minimum absolute atomic E-state index is 0. The Morgan fingerprint density at radius 1 is 0.549 bits per heavy atom. The van der Waals surface area contributed by atoms with E-state index in [0.29, 0.717) is 49.0 Å². The molecule has 10 aliphatic rings. The Kier molecular flexibility index (Phi) is 37.8. The van der Waals surface area contributed by atoms with E-state index >= 15 is 0 Å². The fourth-order valence-corrected chi connectivity index (χ4v) is 15.8.